The average Bonchev–Trinajstić information content (AvgIpc) is 2.50. The van der Waals surface area contributed by atoms with Crippen LogP contribution in [0.25, 0.3) is 10.8 Å². The van der Waals surface area contributed by atoms with Gasteiger partial charge in [0.25, 0.3) is 0 Å². The van der Waals surface area contributed by atoms with Gasteiger partial charge in [0, 0.05) is 0 Å². The maximum absolute atomic E-state index is 2.28. The summed E-state index contributed by atoms with van der Waals surface area (Å²) in [6.07, 6.45) is 8.93. The van der Waals surface area contributed by atoms with Crippen molar-refractivity contribution in [3.63, 3.8) is 0 Å². The van der Waals surface area contributed by atoms with Gasteiger partial charge in [-0.2, -0.15) is 0 Å². The maximum Gasteiger partial charge on any atom is -0.0127 e. The van der Waals surface area contributed by atoms with Crippen LogP contribution < -0.4 is 0 Å². The van der Waals surface area contributed by atoms with Gasteiger partial charge in [0.1, 0.15) is 0 Å². The Morgan fingerprint density at radius 3 is 2.50 bits per heavy atom. The van der Waals surface area contributed by atoms with Gasteiger partial charge in [-0.3, -0.25) is 0 Å². The molecule has 20 heavy (non-hydrogen) atoms. The summed E-state index contributed by atoms with van der Waals surface area (Å²) in [6, 6.07) is 15.3. The van der Waals surface area contributed by atoms with Crippen molar-refractivity contribution >= 4 is 10.8 Å². The number of benzene rings is 2. The molecule has 0 saturated heterocycles. The van der Waals surface area contributed by atoms with Crippen molar-refractivity contribution < 1.29 is 0 Å². The zero-order chi connectivity index (χ0) is 14.4. The Hall–Kier alpha value is -1.82. The minimum Gasteiger partial charge on any atom is -0.0874 e. The zero-order valence-corrected chi connectivity index (χ0v) is 12.8. The molecule has 0 N–H and O–H groups in total. The SMILES string of the molecule is CC=CC(=CC)C(CC)Cc1cccc2ccccc12. The summed E-state index contributed by atoms with van der Waals surface area (Å²) < 4.78 is 0. The Morgan fingerprint density at radius 2 is 1.80 bits per heavy atom. The summed E-state index contributed by atoms with van der Waals surface area (Å²) in [4.78, 5) is 0. The minimum atomic E-state index is 0.599. The van der Waals surface area contributed by atoms with E-state index in [9.17, 15) is 0 Å². The summed E-state index contributed by atoms with van der Waals surface area (Å²) in [7, 11) is 0. The lowest BCUT2D eigenvalue weighted by molar-refractivity contribution is 0.602. The van der Waals surface area contributed by atoms with Gasteiger partial charge < -0.3 is 0 Å². The summed E-state index contributed by atoms with van der Waals surface area (Å²) in [6.45, 7) is 6.51. The fourth-order valence-corrected chi connectivity index (χ4v) is 2.89. The predicted molar refractivity (Wildman–Crippen MR) is 90.0 cm³/mol. The molecule has 0 amide bonds. The molecule has 0 saturated carbocycles. The molecule has 2 rings (SSSR count). The standard InChI is InChI=1S/C20H24/c1-4-10-16(5-2)17(6-3)15-19-13-9-12-18-11-7-8-14-20(18)19/h4-5,7-14,17H,6,15H2,1-3H3. The first kappa shape index (κ1) is 14.6. The van der Waals surface area contributed by atoms with E-state index in [0.717, 1.165) is 6.42 Å². The predicted octanol–water partition coefficient (Wildman–Crippen LogP) is 5.93. The molecule has 0 aromatic heterocycles. The fraction of sp³-hybridized carbons (Fsp3) is 0.300. The Bertz CT molecular complexity index is 611. The van der Waals surface area contributed by atoms with Crippen LogP contribution in [0.4, 0.5) is 0 Å². The van der Waals surface area contributed by atoms with Crippen molar-refractivity contribution in [2.75, 3.05) is 0 Å². The Labute approximate surface area is 122 Å². The zero-order valence-electron chi connectivity index (χ0n) is 12.8. The lowest BCUT2D eigenvalue weighted by Crippen LogP contribution is -2.06. The molecule has 0 bridgehead atoms. The third-order valence-corrected chi connectivity index (χ3v) is 4.00. The molecular formula is C20H24. The van der Waals surface area contributed by atoms with Crippen LogP contribution in [0.3, 0.4) is 0 Å². The highest BCUT2D eigenvalue weighted by Crippen LogP contribution is 2.26. The smallest absolute Gasteiger partial charge is 0.0127 e. The van der Waals surface area contributed by atoms with Crippen molar-refractivity contribution in [1.29, 1.82) is 0 Å². The lowest BCUT2D eigenvalue weighted by Gasteiger charge is -2.18. The molecule has 0 aliphatic carbocycles. The molecule has 0 heterocycles. The van der Waals surface area contributed by atoms with Gasteiger partial charge in [0.05, 0.1) is 0 Å². The van der Waals surface area contributed by atoms with Gasteiger partial charge in [-0.05, 0) is 54.5 Å². The molecule has 0 spiro atoms. The van der Waals surface area contributed by atoms with Crippen molar-refractivity contribution in [3.8, 4) is 0 Å². The molecule has 0 aliphatic heterocycles. The lowest BCUT2D eigenvalue weighted by atomic mass is 9.87. The second kappa shape index (κ2) is 7.09. The van der Waals surface area contributed by atoms with Crippen molar-refractivity contribution in [2.45, 2.75) is 33.6 Å². The van der Waals surface area contributed by atoms with E-state index in [2.05, 4.69) is 81.5 Å². The van der Waals surface area contributed by atoms with E-state index >= 15 is 0 Å². The highest BCUT2D eigenvalue weighted by Gasteiger charge is 2.12. The molecule has 1 unspecified atom stereocenters. The van der Waals surface area contributed by atoms with Gasteiger partial charge in [-0.1, -0.05) is 67.6 Å². The third kappa shape index (κ3) is 3.19. The molecule has 0 heteroatoms. The Kier molecular flexibility index (Phi) is 5.17. The van der Waals surface area contributed by atoms with Crippen LogP contribution in [-0.4, -0.2) is 0 Å². The highest BCUT2D eigenvalue weighted by atomic mass is 14.2. The van der Waals surface area contributed by atoms with E-state index in [0.29, 0.717) is 5.92 Å². The summed E-state index contributed by atoms with van der Waals surface area (Å²) >= 11 is 0. The van der Waals surface area contributed by atoms with Gasteiger partial charge in [0.2, 0.25) is 0 Å². The first-order valence-corrected chi connectivity index (χ1v) is 7.55. The van der Waals surface area contributed by atoms with Crippen LogP contribution in [0.5, 0.6) is 0 Å². The van der Waals surface area contributed by atoms with Crippen LogP contribution >= 0.6 is 0 Å². The number of allylic oxidation sites excluding steroid dienone is 4. The third-order valence-electron chi connectivity index (χ3n) is 4.00. The normalized spacial score (nSPS) is 14.1. The minimum absolute atomic E-state index is 0.599. The van der Waals surface area contributed by atoms with Gasteiger partial charge in [-0.15, -0.1) is 0 Å². The second-order valence-electron chi connectivity index (χ2n) is 5.24. The van der Waals surface area contributed by atoms with E-state index in [1.54, 1.807) is 0 Å². The fourth-order valence-electron chi connectivity index (χ4n) is 2.89. The van der Waals surface area contributed by atoms with E-state index in [1.807, 2.05) is 0 Å². The number of rotatable bonds is 5. The van der Waals surface area contributed by atoms with Crippen LogP contribution in [-0.2, 0) is 6.42 Å². The average molecular weight is 264 g/mol. The molecular weight excluding hydrogens is 240 g/mol. The molecule has 0 radical (unpaired) electrons. The summed E-state index contributed by atoms with van der Waals surface area (Å²) in [5, 5.41) is 2.73. The summed E-state index contributed by atoms with van der Waals surface area (Å²) in [5.74, 6) is 0.599. The summed E-state index contributed by atoms with van der Waals surface area (Å²) in [5.41, 5.74) is 2.90. The maximum atomic E-state index is 2.28. The quantitative estimate of drug-likeness (QED) is 0.587. The van der Waals surface area contributed by atoms with E-state index in [-0.39, 0.29) is 0 Å². The second-order valence-corrected chi connectivity index (χ2v) is 5.24. The topological polar surface area (TPSA) is 0 Å². The first-order chi connectivity index (χ1) is 9.80. The van der Waals surface area contributed by atoms with Crippen molar-refractivity contribution in [1.82, 2.24) is 0 Å². The highest BCUT2D eigenvalue weighted by molar-refractivity contribution is 5.85. The first-order valence-electron chi connectivity index (χ1n) is 7.55. The van der Waals surface area contributed by atoms with E-state index in [1.165, 1.54) is 28.3 Å². The largest absolute Gasteiger partial charge is 0.0874 e. The van der Waals surface area contributed by atoms with Crippen LogP contribution in [0, 0.1) is 5.92 Å². The Morgan fingerprint density at radius 1 is 1.05 bits per heavy atom. The van der Waals surface area contributed by atoms with E-state index in [4.69, 9.17) is 0 Å². The molecule has 1 atom stereocenters. The molecule has 0 nitrogen and oxygen atoms in total. The molecule has 2 aromatic carbocycles. The van der Waals surface area contributed by atoms with Gasteiger partial charge in [0.15, 0.2) is 0 Å². The van der Waals surface area contributed by atoms with Gasteiger partial charge >= 0.3 is 0 Å². The monoisotopic (exact) mass is 264 g/mol. The van der Waals surface area contributed by atoms with Crippen molar-refractivity contribution in [2.24, 2.45) is 5.92 Å². The molecule has 0 fully saturated rings. The number of hydrogen-bond acceptors (Lipinski definition) is 0. The molecule has 104 valence electrons. The number of hydrogen-bond donors (Lipinski definition) is 0. The molecule has 2 aromatic rings. The van der Waals surface area contributed by atoms with Crippen LogP contribution in [0.2, 0.25) is 0 Å². The molecule has 0 aliphatic rings. The van der Waals surface area contributed by atoms with E-state index < -0.39 is 0 Å². The Balaban J connectivity index is 2.35. The number of fused-ring (bicyclic) bond motifs is 1. The van der Waals surface area contributed by atoms with Crippen LogP contribution in [0.15, 0.2) is 66.3 Å². The van der Waals surface area contributed by atoms with Crippen molar-refractivity contribution in [3.05, 3.63) is 71.8 Å². The van der Waals surface area contributed by atoms with Crippen LogP contribution in [0.1, 0.15) is 32.8 Å². The van der Waals surface area contributed by atoms with Gasteiger partial charge in [-0.25, -0.2) is 0 Å².